The minimum absolute atomic E-state index is 0.0545. The molecule has 2 aliphatic heterocycles. The third-order valence-corrected chi connectivity index (χ3v) is 5.81. The maximum Gasteiger partial charge on any atom is 0.237 e. The van der Waals surface area contributed by atoms with Crippen molar-refractivity contribution in [1.29, 1.82) is 0 Å². The van der Waals surface area contributed by atoms with Crippen LogP contribution < -0.4 is 10.6 Å². The molecule has 1 amide bonds. The number of sulfone groups is 1. The molecule has 0 aromatic heterocycles. The summed E-state index contributed by atoms with van der Waals surface area (Å²) in [7, 11) is -2.98. The molecule has 104 valence electrons. The zero-order valence-corrected chi connectivity index (χ0v) is 11.8. The van der Waals surface area contributed by atoms with Crippen molar-refractivity contribution in [2.45, 2.75) is 44.7 Å². The van der Waals surface area contributed by atoms with Crippen LogP contribution in [0.15, 0.2) is 0 Å². The second-order valence-corrected chi connectivity index (χ2v) is 8.21. The van der Waals surface area contributed by atoms with Gasteiger partial charge in [0.05, 0.1) is 23.1 Å². The van der Waals surface area contributed by atoms with Gasteiger partial charge in [-0.15, -0.1) is 0 Å². The number of rotatable bonds is 2. The molecular formula is C12H22N2O3S. The summed E-state index contributed by atoms with van der Waals surface area (Å²) >= 11 is 0. The molecule has 5 nitrogen and oxygen atoms in total. The minimum Gasteiger partial charge on any atom is -0.349 e. The molecule has 6 heteroatoms. The predicted octanol–water partition coefficient (Wildman–Crippen LogP) is 0.0679. The lowest BCUT2D eigenvalue weighted by Gasteiger charge is -2.31. The standard InChI is InChI=1S/C12H22N2O3S/c1-9-3-5-13-10(7-9)11(15)14-12(2)4-6-18(16,17)8-12/h9-10,13H,3-8H2,1-2H3,(H,14,15). The Morgan fingerprint density at radius 2 is 2.17 bits per heavy atom. The average Bonchev–Trinajstić information content (AvgIpc) is 2.52. The van der Waals surface area contributed by atoms with Gasteiger partial charge in [-0.3, -0.25) is 4.79 Å². The minimum atomic E-state index is -2.98. The topological polar surface area (TPSA) is 75.3 Å². The van der Waals surface area contributed by atoms with Crippen molar-refractivity contribution in [3.8, 4) is 0 Å². The molecule has 3 unspecified atom stereocenters. The van der Waals surface area contributed by atoms with Gasteiger partial charge in [0.2, 0.25) is 5.91 Å². The number of hydrogen-bond donors (Lipinski definition) is 2. The highest BCUT2D eigenvalue weighted by molar-refractivity contribution is 7.91. The second-order valence-electron chi connectivity index (χ2n) is 6.03. The molecule has 2 fully saturated rings. The van der Waals surface area contributed by atoms with Crippen molar-refractivity contribution in [2.75, 3.05) is 18.1 Å². The number of piperidine rings is 1. The summed E-state index contributed by atoms with van der Waals surface area (Å²) < 4.78 is 23.0. The molecule has 0 bridgehead atoms. The van der Waals surface area contributed by atoms with Gasteiger partial charge in [-0.1, -0.05) is 6.92 Å². The monoisotopic (exact) mass is 274 g/mol. The molecule has 2 saturated heterocycles. The van der Waals surface area contributed by atoms with Gasteiger partial charge >= 0.3 is 0 Å². The van der Waals surface area contributed by atoms with Gasteiger partial charge in [0.25, 0.3) is 0 Å². The van der Waals surface area contributed by atoms with Gasteiger partial charge < -0.3 is 10.6 Å². The summed E-state index contributed by atoms with van der Waals surface area (Å²) in [4.78, 5) is 12.1. The van der Waals surface area contributed by atoms with Crippen LogP contribution in [0.25, 0.3) is 0 Å². The van der Waals surface area contributed by atoms with Gasteiger partial charge in [-0.25, -0.2) is 8.42 Å². The van der Waals surface area contributed by atoms with Crippen LogP contribution in [-0.2, 0) is 14.6 Å². The molecule has 2 rings (SSSR count). The molecule has 18 heavy (non-hydrogen) atoms. The predicted molar refractivity (Wildman–Crippen MR) is 70.0 cm³/mol. The summed E-state index contributed by atoms with van der Waals surface area (Å²) in [6.07, 6.45) is 2.44. The van der Waals surface area contributed by atoms with E-state index >= 15 is 0 Å². The number of hydrogen-bond acceptors (Lipinski definition) is 4. The molecule has 0 saturated carbocycles. The van der Waals surface area contributed by atoms with Gasteiger partial charge in [0.15, 0.2) is 9.84 Å². The van der Waals surface area contributed by atoms with Crippen molar-refractivity contribution in [2.24, 2.45) is 5.92 Å². The summed E-state index contributed by atoms with van der Waals surface area (Å²) in [5, 5.41) is 6.12. The first-order valence-electron chi connectivity index (χ1n) is 6.55. The fraction of sp³-hybridized carbons (Fsp3) is 0.917. The van der Waals surface area contributed by atoms with Crippen LogP contribution in [0.1, 0.15) is 33.1 Å². The smallest absolute Gasteiger partial charge is 0.237 e. The Kier molecular flexibility index (Phi) is 3.69. The molecule has 0 aromatic carbocycles. The Balaban J connectivity index is 1.95. The van der Waals surface area contributed by atoms with Gasteiger partial charge in [-0.05, 0) is 38.6 Å². The van der Waals surface area contributed by atoms with E-state index in [1.165, 1.54) is 0 Å². The van der Waals surface area contributed by atoms with Crippen molar-refractivity contribution in [3.05, 3.63) is 0 Å². The van der Waals surface area contributed by atoms with E-state index < -0.39 is 15.4 Å². The summed E-state index contributed by atoms with van der Waals surface area (Å²) in [6.45, 7) is 4.82. The van der Waals surface area contributed by atoms with Crippen molar-refractivity contribution in [1.82, 2.24) is 10.6 Å². The molecule has 0 spiro atoms. The zero-order valence-electron chi connectivity index (χ0n) is 11.0. The first-order chi connectivity index (χ1) is 8.30. The highest BCUT2D eigenvalue weighted by Crippen LogP contribution is 2.23. The van der Waals surface area contributed by atoms with Crippen LogP contribution in [0.3, 0.4) is 0 Å². The van der Waals surface area contributed by atoms with E-state index in [1.54, 1.807) is 0 Å². The lowest BCUT2D eigenvalue weighted by molar-refractivity contribution is -0.125. The molecule has 3 atom stereocenters. The highest BCUT2D eigenvalue weighted by atomic mass is 32.2. The SMILES string of the molecule is CC1CCNC(C(=O)NC2(C)CCS(=O)(=O)C2)C1. The van der Waals surface area contributed by atoms with E-state index in [2.05, 4.69) is 17.6 Å². The van der Waals surface area contributed by atoms with Crippen LogP contribution in [0.5, 0.6) is 0 Å². The van der Waals surface area contributed by atoms with Crippen molar-refractivity contribution < 1.29 is 13.2 Å². The maximum atomic E-state index is 12.1. The molecule has 2 aliphatic rings. The molecule has 0 aromatic rings. The third kappa shape index (κ3) is 3.23. The van der Waals surface area contributed by atoms with Crippen molar-refractivity contribution >= 4 is 15.7 Å². The summed E-state index contributed by atoms with van der Waals surface area (Å²) in [6, 6.07) is -0.172. The Bertz CT molecular complexity index is 435. The van der Waals surface area contributed by atoms with Gasteiger partial charge in [0, 0.05) is 0 Å². The van der Waals surface area contributed by atoms with E-state index in [-0.39, 0.29) is 23.5 Å². The van der Waals surface area contributed by atoms with E-state index in [1.807, 2.05) is 6.92 Å². The number of nitrogens with one attached hydrogen (secondary N) is 2. The van der Waals surface area contributed by atoms with E-state index in [4.69, 9.17) is 0 Å². The highest BCUT2D eigenvalue weighted by Gasteiger charge is 2.40. The lowest BCUT2D eigenvalue weighted by atomic mass is 9.93. The Labute approximate surface area is 109 Å². The maximum absolute atomic E-state index is 12.1. The van der Waals surface area contributed by atoms with Crippen LogP contribution in [0.2, 0.25) is 0 Å². The number of carbonyl (C=O) groups is 1. The lowest BCUT2D eigenvalue weighted by Crippen LogP contribution is -2.55. The number of carbonyl (C=O) groups excluding carboxylic acids is 1. The Morgan fingerprint density at radius 1 is 1.44 bits per heavy atom. The fourth-order valence-corrected chi connectivity index (χ4v) is 4.89. The molecule has 2 N–H and O–H groups in total. The Morgan fingerprint density at radius 3 is 2.72 bits per heavy atom. The largest absolute Gasteiger partial charge is 0.349 e. The molecule has 0 radical (unpaired) electrons. The van der Waals surface area contributed by atoms with Crippen LogP contribution >= 0.6 is 0 Å². The molecule has 2 heterocycles. The van der Waals surface area contributed by atoms with E-state index in [0.717, 1.165) is 19.4 Å². The molecular weight excluding hydrogens is 252 g/mol. The quantitative estimate of drug-likeness (QED) is 0.747. The number of amides is 1. The zero-order chi connectivity index (χ0) is 13.4. The van der Waals surface area contributed by atoms with Gasteiger partial charge in [0.1, 0.15) is 0 Å². The van der Waals surface area contributed by atoms with Crippen LogP contribution in [0, 0.1) is 5.92 Å². The normalized spacial score (nSPS) is 39.4. The summed E-state index contributed by atoms with van der Waals surface area (Å²) in [5.41, 5.74) is -0.585. The average molecular weight is 274 g/mol. The first kappa shape index (κ1) is 13.8. The fourth-order valence-electron chi connectivity index (χ4n) is 2.80. The van der Waals surface area contributed by atoms with E-state index in [0.29, 0.717) is 12.3 Å². The third-order valence-electron chi connectivity index (χ3n) is 3.91. The Hall–Kier alpha value is -0.620. The van der Waals surface area contributed by atoms with Crippen LogP contribution in [-0.4, -0.2) is 44.0 Å². The van der Waals surface area contributed by atoms with Crippen LogP contribution in [0.4, 0.5) is 0 Å². The molecule has 0 aliphatic carbocycles. The van der Waals surface area contributed by atoms with E-state index in [9.17, 15) is 13.2 Å². The second kappa shape index (κ2) is 4.81. The van der Waals surface area contributed by atoms with Crippen molar-refractivity contribution in [3.63, 3.8) is 0 Å². The summed E-state index contributed by atoms with van der Waals surface area (Å²) in [5.74, 6) is 0.731. The van der Waals surface area contributed by atoms with Gasteiger partial charge in [-0.2, -0.15) is 0 Å². The first-order valence-corrected chi connectivity index (χ1v) is 8.38.